The van der Waals surface area contributed by atoms with Gasteiger partial charge >= 0.3 is 0 Å². The van der Waals surface area contributed by atoms with Gasteiger partial charge in [0.1, 0.15) is 15.7 Å². The number of rotatable bonds is 4. The van der Waals surface area contributed by atoms with E-state index in [4.69, 9.17) is 5.73 Å². The molecule has 1 unspecified atom stereocenters. The van der Waals surface area contributed by atoms with Gasteiger partial charge in [-0.25, -0.2) is 12.8 Å². The smallest absolute Gasteiger partial charge is 0.252 e. The van der Waals surface area contributed by atoms with Gasteiger partial charge in [-0.15, -0.1) is 0 Å². The van der Waals surface area contributed by atoms with Crippen molar-refractivity contribution >= 4 is 37.4 Å². The zero-order valence-corrected chi connectivity index (χ0v) is 12.8. The van der Waals surface area contributed by atoms with Crippen LogP contribution in [0.25, 0.3) is 0 Å². The van der Waals surface area contributed by atoms with Gasteiger partial charge in [0.25, 0.3) is 5.91 Å². The number of nitrogens with one attached hydrogen (secondary N) is 1. The fraction of sp³-hybridized carbons (Fsp3) is 0.364. The Balaban J connectivity index is 2.87. The number of anilines is 1. The number of carbonyl (C=O) groups is 1. The van der Waals surface area contributed by atoms with Crippen LogP contribution >= 0.6 is 15.9 Å². The van der Waals surface area contributed by atoms with E-state index in [0.29, 0.717) is 0 Å². The summed E-state index contributed by atoms with van der Waals surface area (Å²) in [5.41, 5.74) is 5.39. The summed E-state index contributed by atoms with van der Waals surface area (Å²) in [4.78, 5) is 11.9. The summed E-state index contributed by atoms with van der Waals surface area (Å²) in [7, 11) is -3.19. The molecule has 0 heterocycles. The molecule has 19 heavy (non-hydrogen) atoms. The number of sulfone groups is 1. The second kappa shape index (κ2) is 5.87. The van der Waals surface area contributed by atoms with Gasteiger partial charge in [0.15, 0.2) is 0 Å². The molecule has 0 bridgehead atoms. The topological polar surface area (TPSA) is 89.3 Å². The lowest BCUT2D eigenvalue weighted by atomic mass is 10.1. The highest BCUT2D eigenvalue weighted by Gasteiger charge is 2.17. The van der Waals surface area contributed by atoms with Gasteiger partial charge < -0.3 is 11.1 Å². The van der Waals surface area contributed by atoms with Crippen LogP contribution in [-0.4, -0.2) is 32.4 Å². The van der Waals surface area contributed by atoms with E-state index < -0.39 is 27.6 Å². The third-order valence-corrected chi connectivity index (χ3v) is 4.02. The van der Waals surface area contributed by atoms with Crippen LogP contribution in [0.4, 0.5) is 10.1 Å². The minimum Gasteiger partial charge on any atom is -0.396 e. The molecule has 0 radical (unpaired) electrons. The van der Waals surface area contributed by atoms with Crippen molar-refractivity contribution in [2.45, 2.75) is 13.0 Å². The summed E-state index contributed by atoms with van der Waals surface area (Å²) < 4.78 is 35.6. The number of nitrogen functional groups attached to an aromatic ring is 1. The van der Waals surface area contributed by atoms with Crippen LogP contribution < -0.4 is 11.1 Å². The quantitative estimate of drug-likeness (QED) is 0.800. The van der Waals surface area contributed by atoms with Crippen molar-refractivity contribution < 1.29 is 17.6 Å². The first-order valence-corrected chi connectivity index (χ1v) is 8.18. The number of hydrogen-bond donors (Lipinski definition) is 2. The molecule has 0 fully saturated rings. The molecule has 1 aromatic rings. The molecule has 0 aromatic heterocycles. The maximum absolute atomic E-state index is 13.1. The second-order valence-corrected chi connectivity index (χ2v) is 7.36. The van der Waals surface area contributed by atoms with Gasteiger partial charge in [-0.2, -0.15) is 0 Å². The predicted octanol–water partition coefficient (Wildman–Crippen LogP) is 1.33. The summed E-state index contributed by atoms with van der Waals surface area (Å²) in [6, 6.07) is 1.73. The first-order valence-electron chi connectivity index (χ1n) is 5.33. The molecule has 0 aliphatic carbocycles. The predicted molar refractivity (Wildman–Crippen MR) is 75.2 cm³/mol. The minimum atomic E-state index is -3.19. The van der Waals surface area contributed by atoms with Gasteiger partial charge in [-0.05, 0) is 35.0 Å². The van der Waals surface area contributed by atoms with Gasteiger partial charge in [0, 0.05) is 16.8 Å². The van der Waals surface area contributed by atoms with Crippen molar-refractivity contribution in [2.75, 3.05) is 17.7 Å². The highest BCUT2D eigenvalue weighted by Crippen LogP contribution is 2.22. The van der Waals surface area contributed by atoms with E-state index in [9.17, 15) is 17.6 Å². The molecule has 0 spiro atoms. The van der Waals surface area contributed by atoms with Gasteiger partial charge in [-0.1, -0.05) is 0 Å². The Labute approximate surface area is 119 Å². The Morgan fingerprint density at radius 1 is 1.53 bits per heavy atom. The van der Waals surface area contributed by atoms with E-state index in [2.05, 4.69) is 21.2 Å². The number of halogens is 2. The minimum absolute atomic E-state index is 0.149. The molecule has 1 atom stereocenters. The zero-order chi connectivity index (χ0) is 14.8. The van der Waals surface area contributed by atoms with E-state index in [0.717, 1.165) is 12.3 Å². The van der Waals surface area contributed by atoms with Crippen molar-refractivity contribution in [3.63, 3.8) is 0 Å². The lowest BCUT2D eigenvalue weighted by molar-refractivity contribution is 0.0943. The molecular formula is C11H14BrFN2O3S. The fourth-order valence-electron chi connectivity index (χ4n) is 1.54. The van der Waals surface area contributed by atoms with E-state index in [1.807, 2.05) is 0 Å². The Hall–Kier alpha value is -1.15. The molecule has 1 aromatic carbocycles. The first kappa shape index (κ1) is 15.9. The van der Waals surface area contributed by atoms with Gasteiger partial charge in [-0.3, -0.25) is 4.79 Å². The molecule has 0 saturated carbocycles. The van der Waals surface area contributed by atoms with Crippen LogP contribution in [0.1, 0.15) is 17.3 Å². The molecule has 3 N–H and O–H groups in total. The van der Waals surface area contributed by atoms with Crippen LogP contribution in [0.5, 0.6) is 0 Å². The average molecular weight is 353 g/mol. The lowest BCUT2D eigenvalue weighted by Gasteiger charge is -2.14. The van der Waals surface area contributed by atoms with Crippen molar-refractivity contribution in [2.24, 2.45) is 0 Å². The number of benzene rings is 1. The molecule has 0 saturated heterocycles. The number of amides is 1. The highest BCUT2D eigenvalue weighted by atomic mass is 79.9. The Morgan fingerprint density at radius 3 is 2.63 bits per heavy atom. The number of carbonyl (C=O) groups excluding carboxylic acids is 1. The van der Waals surface area contributed by atoms with Crippen LogP contribution in [0.3, 0.4) is 0 Å². The summed E-state index contributed by atoms with van der Waals surface area (Å²) in [6.45, 7) is 1.57. The van der Waals surface area contributed by atoms with Crippen molar-refractivity contribution in [1.29, 1.82) is 0 Å². The third kappa shape index (κ3) is 4.79. The van der Waals surface area contributed by atoms with E-state index in [1.54, 1.807) is 6.92 Å². The summed E-state index contributed by atoms with van der Waals surface area (Å²) in [5.74, 6) is -1.32. The monoisotopic (exact) mass is 352 g/mol. The molecule has 5 nitrogen and oxygen atoms in total. The normalized spacial score (nSPS) is 13.1. The molecule has 106 valence electrons. The molecule has 1 rings (SSSR count). The highest BCUT2D eigenvalue weighted by molar-refractivity contribution is 9.10. The number of hydrogen-bond acceptors (Lipinski definition) is 4. The maximum atomic E-state index is 13.1. The van der Waals surface area contributed by atoms with Crippen molar-refractivity contribution in [3.8, 4) is 0 Å². The summed E-state index contributed by atoms with van der Waals surface area (Å²) in [6.07, 6.45) is 1.08. The molecule has 1 amide bonds. The zero-order valence-electron chi connectivity index (χ0n) is 10.4. The first-order chi connectivity index (χ1) is 8.60. The standard InChI is InChI=1S/C11H14BrFN2O3S/c1-6(5-19(2,17)18)15-11(16)7-3-10(14)9(13)4-8(7)12/h3-4,6H,5,14H2,1-2H3,(H,15,16). The Kier molecular flexibility index (Phi) is 4.92. The largest absolute Gasteiger partial charge is 0.396 e. The maximum Gasteiger partial charge on any atom is 0.252 e. The average Bonchev–Trinajstić information content (AvgIpc) is 2.20. The summed E-state index contributed by atoms with van der Waals surface area (Å²) in [5, 5.41) is 2.51. The third-order valence-electron chi connectivity index (χ3n) is 2.26. The van der Waals surface area contributed by atoms with E-state index in [-0.39, 0.29) is 21.5 Å². The van der Waals surface area contributed by atoms with Crippen LogP contribution in [0, 0.1) is 5.82 Å². The van der Waals surface area contributed by atoms with Crippen LogP contribution in [0.2, 0.25) is 0 Å². The summed E-state index contributed by atoms with van der Waals surface area (Å²) >= 11 is 3.06. The Bertz CT molecular complexity index is 604. The SMILES string of the molecule is CC(CS(C)(=O)=O)NC(=O)c1cc(N)c(F)cc1Br. The van der Waals surface area contributed by atoms with Crippen molar-refractivity contribution in [3.05, 3.63) is 28.0 Å². The van der Waals surface area contributed by atoms with Crippen molar-refractivity contribution in [1.82, 2.24) is 5.32 Å². The molecule has 0 aliphatic heterocycles. The van der Waals surface area contributed by atoms with Gasteiger partial charge in [0.2, 0.25) is 0 Å². The molecular weight excluding hydrogens is 339 g/mol. The van der Waals surface area contributed by atoms with Crippen LogP contribution in [-0.2, 0) is 9.84 Å². The fourth-order valence-corrected chi connectivity index (χ4v) is 3.02. The molecule has 0 aliphatic rings. The Morgan fingerprint density at radius 2 is 2.11 bits per heavy atom. The van der Waals surface area contributed by atoms with E-state index in [1.165, 1.54) is 6.07 Å². The number of nitrogens with two attached hydrogens (primary N) is 1. The second-order valence-electron chi connectivity index (χ2n) is 4.32. The molecule has 8 heteroatoms. The van der Waals surface area contributed by atoms with Crippen LogP contribution in [0.15, 0.2) is 16.6 Å². The lowest BCUT2D eigenvalue weighted by Crippen LogP contribution is -2.37. The van der Waals surface area contributed by atoms with E-state index >= 15 is 0 Å². The van der Waals surface area contributed by atoms with Gasteiger partial charge in [0.05, 0.1) is 17.0 Å².